The maximum Gasteiger partial charge on any atom is 0.262 e. The second-order valence-electron chi connectivity index (χ2n) is 5.64. The number of ketones is 1. The highest BCUT2D eigenvalue weighted by Gasteiger charge is 2.12. The summed E-state index contributed by atoms with van der Waals surface area (Å²) in [7, 11) is 0. The summed E-state index contributed by atoms with van der Waals surface area (Å²) in [6.07, 6.45) is 2.27. The Balaban J connectivity index is 1.83. The molecule has 7 heteroatoms. The molecule has 0 atom stereocenters. The molecule has 3 rings (SSSR count). The van der Waals surface area contributed by atoms with Crippen molar-refractivity contribution in [2.75, 3.05) is 5.32 Å². The Morgan fingerprint density at radius 3 is 2.60 bits per heavy atom. The predicted octanol–water partition coefficient (Wildman–Crippen LogP) is 2.86. The molecule has 2 heterocycles. The van der Waals surface area contributed by atoms with E-state index in [1.165, 1.54) is 29.2 Å². The van der Waals surface area contributed by atoms with Crippen molar-refractivity contribution in [1.29, 1.82) is 0 Å². The Morgan fingerprint density at radius 1 is 1.24 bits per heavy atom. The van der Waals surface area contributed by atoms with Crippen LogP contribution in [-0.2, 0) is 17.8 Å². The third-order valence-electron chi connectivity index (χ3n) is 3.76. The molecule has 0 radical (unpaired) electrons. The number of aryl methyl sites for hydroxylation is 1. The van der Waals surface area contributed by atoms with Crippen LogP contribution in [0.2, 0.25) is 0 Å². The Morgan fingerprint density at radius 2 is 1.96 bits per heavy atom. The van der Waals surface area contributed by atoms with Gasteiger partial charge < -0.3 is 5.32 Å². The highest BCUT2D eigenvalue weighted by atomic mass is 32.1. The lowest BCUT2D eigenvalue weighted by Crippen LogP contribution is -2.24. The summed E-state index contributed by atoms with van der Waals surface area (Å²) in [4.78, 5) is 42.1. The topological polar surface area (TPSA) is 81.1 Å². The zero-order valence-corrected chi connectivity index (χ0v) is 14.7. The second kappa shape index (κ2) is 6.98. The van der Waals surface area contributed by atoms with Crippen LogP contribution < -0.4 is 10.9 Å². The maximum atomic E-state index is 12.5. The molecule has 0 bridgehead atoms. The number of nitrogens with one attached hydrogen (secondary N) is 1. The van der Waals surface area contributed by atoms with E-state index < -0.39 is 0 Å². The van der Waals surface area contributed by atoms with Crippen molar-refractivity contribution in [2.24, 2.45) is 0 Å². The number of anilines is 1. The van der Waals surface area contributed by atoms with Crippen LogP contribution in [0.1, 0.15) is 29.1 Å². The van der Waals surface area contributed by atoms with Crippen LogP contribution in [0, 0.1) is 0 Å². The Hall–Kier alpha value is -2.80. The second-order valence-corrected chi connectivity index (χ2v) is 6.76. The summed E-state index contributed by atoms with van der Waals surface area (Å²) in [5.74, 6) is -0.365. The first-order valence-corrected chi connectivity index (χ1v) is 8.68. The molecule has 0 unspecified atom stereocenters. The Kier molecular flexibility index (Phi) is 4.76. The highest BCUT2D eigenvalue weighted by molar-refractivity contribution is 7.18. The van der Waals surface area contributed by atoms with E-state index in [0.29, 0.717) is 21.5 Å². The molecule has 0 fully saturated rings. The summed E-state index contributed by atoms with van der Waals surface area (Å²) >= 11 is 1.50. The first kappa shape index (κ1) is 17.0. The highest BCUT2D eigenvalue weighted by Crippen LogP contribution is 2.21. The van der Waals surface area contributed by atoms with Gasteiger partial charge in [-0.2, -0.15) is 0 Å². The van der Waals surface area contributed by atoms with Gasteiger partial charge in [-0.25, -0.2) is 4.98 Å². The molecule has 1 amide bonds. The van der Waals surface area contributed by atoms with Crippen molar-refractivity contribution >= 4 is 38.9 Å². The predicted molar refractivity (Wildman–Crippen MR) is 98.3 cm³/mol. The van der Waals surface area contributed by atoms with E-state index in [9.17, 15) is 14.4 Å². The minimum absolute atomic E-state index is 0.0709. The summed E-state index contributed by atoms with van der Waals surface area (Å²) in [6, 6.07) is 8.42. The van der Waals surface area contributed by atoms with Gasteiger partial charge in [-0.3, -0.25) is 19.0 Å². The van der Waals surface area contributed by atoms with Crippen LogP contribution in [0.4, 0.5) is 5.69 Å². The minimum Gasteiger partial charge on any atom is -0.326 e. The number of aromatic nitrogens is 2. The van der Waals surface area contributed by atoms with Gasteiger partial charge in [0.05, 0.1) is 18.3 Å². The molecule has 6 nitrogen and oxygen atoms in total. The molecule has 0 aliphatic rings. The van der Waals surface area contributed by atoms with E-state index in [2.05, 4.69) is 10.3 Å². The first-order chi connectivity index (χ1) is 12.0. The van der Waals surface area contributed by atoms with Crippen molar-refractivity contribution in [1.82, 2.24) is 9.55 Å². The van der Waals surface area contributed by atoms with E-state index in [1.807, 2.05) is 13.0 Å². The molecular weight excluding hydrogens is 338 g/mol. The summed E-state index contributed by atoms with van der Waals surface area (Å²) in [5.41, 5.74) is 0.888. The van der Waals surface area contributed by atoms with Gasteiger partial charge >= 0.3 is 0 Å². The molecule has 128 valence electrons. The van der Waals surface area contributed by atoms with Gasteiger partial charge in [0.15, 0.2) is 5.78 Å². The Labute approximate surface area is 148 Å². The Bertz CT molecular complexity index is 1000. The largest absolute Gasteiger partial charge is 0.326 e. The van der Waals surface area contributed by atoms with Gasteiger partial charge in [-0.05, 0) is 36.8 Å². The van der Waals surface area contributed by atoms with Crippen LogP contribution in [0.3, 0.4) is 0 Å². The molecule has 3 aromatic rings. The maximum absolute atomic E-state index is 12.5. The molecule has 1 N–H and O–H groups in total. The fraction of sp³-hybridized carbons (Fsp3) is 0.222. The molecule has 0 spiro atoms. The fourth-order valence-electron chi connectivity index (χ4n) is 2.49. The standard InChI is InChI=1S/C18H17N3O3S/c1-3-14-8-15-17(25-14)19-10-21(18(15)24)9-16(23)12-4-6-13(7-5-12)20-11(2)22/h4-8,10H,3,9H2,1-2H3,(H,20,22). The molecule has 1 aromatic carbocycles. The summed E-state index contributed by atoms with van der Waals surface area (Å²) in [5, 5.41) is 3.20. The van der Waals surface area contributed by atoms with Crippen molar-refractivity contribution in [2.45, 2.75) is 26.8 Å². The molecular formula is C18H17N3O3S. The summed E-state index contributed by atoms with van der Waals surface area (Å²) in [6.45, 7) is 3.37. The number of benzene rings is 1. The number of rotatable bonds is 5. The number of Topliss-reactive ketones (excluding diaryl/α,β-unsaturated/α-hetero) is 1. The van der Waals surface area contributed by atoms with Gasteiger partial charge in [0.25, 0.3) is 5.56 Å². The van der Waals surface area contributed by atoms with E-state index >= 15 is 0 Å². The van der Waals surface area contributed by atoms with Crippen LogP contribution >= 0.6 is 11.3 Å². The molecule has 25 heavy (non-hydrogen) atoms. The van der Waals surface area contributed by atoms with Gasteiger partial charge in [0.1, 0.15) is 4.83 Å². The number of thiophene rings is 1. The average molecular weight is 355 g/mol. The van der Waals surface area contributed by atoms with E-state index in [0.717, 1.165) is 11.3 Å². The minimum atomic E-state index is -0.204. The van der Waals surface area contributed by atoms with Crippen molar-refractivity contribution in [3.05, 3.63) is 57.5 Å². The van der Waals surface area contributed by atoms with Gasteiger partial charge in [-0.1, -0.05) is 6.92 Å². The van der Waals surface area contributed by atoms with Gasteiger partial charge in [0, 0.05) is 23.1 Å². The normalized spacial score (nSPS) is 10.8. The number of nitrogens with zero attached hydrogens (tertiary/aromatic N) is 2. The van der Waals surface area contributed by atoms with E-state index in [4.69, 9.17) is 0 Å². The zero-order valence-electron chi connectivity index (χ0n) is 13.9. The molecule has 0 saturated carbocycles. The smallest absolute Gasteiger partial charge is 0.262 e. The van der Waals surface area contributed by atoms with Crippen LogP contribution in [0.25, 0.3) is 10.2 Å². The number of carbonyl (C=O) groups is 2. The fourth-order valence-corrected chi connectivity index (χ4v) is 3.41. The van der Waals surface area contributed by atoms with Crippen molar-refractivity contribution < 1.29 is 9.59 Å². The monoisotopic (exact) mass is 355 g/mol. The van der Waals surface area contributed by atoms with Gasteiger partial charge in [0.2, 0.25) is 5.91 Å². The number of amides is 1. The molecule has 0 aliphatic heterocycles. The van der Waals surface area contributed by atoms with Crippen LogP contribution in [0.15, 0.2) is 41.5 Å². The lowest BCUT2D eigenvalue weighted by Gasteiger charge is -2.06. The van der Waals surface area contributed by atoms with E-state index in [1.54, 1.807) is 24.3 Å². The van der Waals surface area contributed by atoms with Crippen molar-refractivity contribution in [3.8, 4) is 0 Å². The number of fused-ring (bicyclic) bond motifs is 1. The molecule has 2 aromatic heterocycles. The van der Waals surface area contributed by atoms with Gasteiger partial charge in [-0.15, -0.1) is 11.3 Å². The molecule has 0 aliphatic carbocycles. The lowest BCUT2D eigenvalue weighted by molar-refractivity contribution is -0.114. The first-order valence-electron chi connectivity index (χ1n) is 7.86. The van der Waals surface area contributed by atoms with Crippen LogP contribution in [-0.4, -0.2) is 21.2 Å². The average Bonchev–Trinajstić information content (AvgIpc) is 3.01. The molecule has 0 saturated heterocycles. The zero-order chi connectivity index (χ0) is 18.0. The quantitative estimate of drug-likeness (QED) is 0.714. The third-order valence-corrected chi connectivity index (χ3v) is 4.95. The van der Waals surface area contributed by atoms with E-state index in [-0.39, 0.29) is 23.8 Å². The number of hydrogen-bond acceptors (Lipinski definition) is 5. The van der Waals surface area contributed by atoms with Crippen molar-refractivity contribution in [3.63, 3.8) is 0 Å². The number of carbonyl (C=O) groups excluding carboxylic acids is 2. The summed E-state index contributed by atoms with van der Waals surface area (Å²) < 4.78 is 1.33. The SMILES string of the molecule is CCc1cc2c(=O)n(CC(=O)c3ccc(NC(C)=O)cc3)cnc2s1. The third kappa shape index (κ3) is 3.66. The lowest BCUT2D eigenvalue weighted by atomic mass is 10.1. The number of hydrogen-bond donors (Lipinski definition) is 1. The van der Waals surface area contributed by atoms with Crippen LogP contribution in [0.5, 0.6) is 0 Å².